The number of nitrogens with one attached hydrogen (secondary N) is 1. The predicted octanol–water partition coefficient (Wildman–Crippen LogP) is 2.39. The van der Waals surface area contributed by atoms with Gasteiger partial charge in [0, 0.05) is 32.7 Å². The van der Waals surface area contributed by atoms with Crippen LogP contribution in [0.3, 0.4) is 0 Å². The molecule has 2 aromatic heterocycles. The van der Waals surface area contributed by atoms with E-state index >= 15 is 0 Å². The molecule has 2 saturated heterocycles. The zero-order valence-electron chi connectivity index (χ0n) is 20.5. The Morgan fingerprint density at radius 3 is 2.05 bits per heavy atom. The fraction of sp³-hybridized carbons (Fsp3) is 0.346. The first-order valence-electron chi connectivity index (χ1n) is 12.5. The van der Waals surface area contributed by atoms with Crippen LogP contribution in [-0.2, 0) is 16.0 Å². The highest BCUT2D eigenvalue weighted by Crippen LogP contribution is 2.20. The molecule has 2 aromatic carbocycles. The van der Waals surface area contributed by atoms with Crippen molar-refractivity contribution in [2.75, 3.05) is 67.8 Å². The van der Waals surface area contributed by atoms with Crippen molar-refractivity contribution in [3.8, 4) is 0 Å². The second-order valence-corrected chi connectivity index (χ2v) is 8.86. The van der Waals surface area contributed by atoms with Crippen molar-refractivity contribution in [1.29, 1.82) is 0 Å². The largest absolute Gasteiger partial charge is 0.378 e. The van der Waals surface area contributed by atoms with Crippen LogP contribution in [0.5, 0.6) is 0 Å². The van der Waals surface area contributed by atoms with Gasteiger partial charge >= 0.3 is 0 Å². The van der Waals surface area contributed by atoms with Crippen LogP contribution in [0.1, 0.15) is 11.4 Å². The smallest absolute Gasteiger partial charge is 0.250 e. The Kier molecular flexibility index (Phi) is 6.86. The number of fused-ring (bicyclic) bond motifs is 1. The fourth-order valence-electron chi connectivity index (χ4n) is 4.49. The molecule has 0 aliphatic carbocycles. The molecule has 0 saturated carbocycles. The molecule has 2 fully saturated rings. The van der Waals surface area contributed by atoms with Gasteiger partial charge in [-0.3, -0.25) is 0 Å². The molecule has 6 rings (SSSR count). The number of anilines is 3. The molecule has 4 heterocycles. The van der Waals surface area contributed by atoms with Gasteiger partial charge in [0.25, 0.3) is 0 Å². The normalized spacial score (nSPS) is 16.5. The Morgan fingerprint density at radius 2 is 1.38 bits per heavy atom. The molecule has 0 unspecified atom stereocenters. The summed E-state index contributed by atoms with van der Waals surface area (Å²) >= 11 is 0. The van der Waals surface area contributed by atoms with E-state index in [1.165, 1.54) is 5.56 Å². The summed E-state index contributed by atoms with van der Waals surface area (Å²) in [6.07, 6.45) is 1.72. The summed E-state index contributed by atoms with van der Waals surface area (Å²) in [7, 11) is 0. The molecule has 37 heavy (non-hydrogen) atoms. The van der Waals surface area contributed by atoms with E-state index < -0.39 is 0 Å². The van der Waals surface area contributed by atoms with E-state index in [1.54, 1.807) is 6.21 Å². The van der Waals surface area contributed by atoms with E-state index in [9.17, 15) is 0 Å². The maximum absolute atomic E-state index is 5.50. The van der Waals surface area contributed by atoms with Crippen molar-refractivity contribution in [3.63, 3.8) is 0 Å². The minimum Gasteiger partial charge on any atom is -0.378 e. The number of hydrogen-bond donors (Lipinski definition) is 1. The van der Waals surface area contributed by atoms with Gasteiger partial charge in [0.2, 0.25) is 17.8 Å². The molecule has 0 bridgehead atoms. The number of imidazole rings is 1. The Hall–Kier alpha value is -4.09. The highest BCUT2D eigenvalue weighted by Gasteiger charge is 2.20. The second-order valence-electron chi connectivity index (χ2n) is 8.86. The van der Waals surface area contributed by atoms with E-state index in [0.717, 1.165) is 43.0 Å². The molecule has 0 amide bonds. The molecule has 0 radical (unpaired) electrons. The molecule has 11 nitrogen and oxygen atoms in total. The van der Waals surface area contributed by atoms with Crippen molar-refractivity contribution < 1.29 is 9.47 Å². The van der Waals surface area contributed by atoms with E-state index in [-0.39, 0.29) is 0 Å². The third-order valence-corrected chi connectivity index (χ3v) is 6.41. The van der Waals surface area contributed by atoms with Gasteiger partial charge < -0.3 is 23.8 Å². The molecule has 11 heteroatoms. The number of hydrogen-bond acceptors (Lipinski definition) is 10. The number of rotatable bonds is 7. The monoisotopic (exact) mass is 499 g/mol. The molecule has 4 aromatic rings. The maximum Gasteiger partial charge on any atom is 0.250 e. The molecular formula is C26H29N9O2. The Bertz CT molecular complexity index is 1330. The first-order valence-corrected chi connectivity index (χ1v) is 12.5. The van der Waals surface area contributed by atoms with Crippen molar-refractivity contribution in [1.82, 2.24) is 24.5 Å². The van der Waals surface area contributed by atoms with Gasteiger partial charge in [-0.15, -0.1) is 0 Å². The summed E-state index contributed by atoms with van der Waals surface area (Å²) in [4.78, 5) is 23.1. The van der Waals surface area contributed by atoms with Gasteiger partial charge in [-0.25, -0.2) is 10.4 Å². The predicted molar refractivity (Wildman–Crippen MR) is 142 cm³/mol. The first-order chi connectivity index (χ1) is 18.3. The molecular weight excluding hydrogens is 470 g/mol. The van der Waals surface area contributed by atoms with Crippen molar-refractivity contribution >= 4 is 35.1 Å². The van der Waals surface area contributed by atoms with Crippen LogP contribution in [0.4, 0.5) is 17.8 Å². The summed E-state index contributed by atoms with van der Waals surface area (Å²) in [6, 6.07) is 18.4. The summed E-state index contributed by atoms with van der Waals surface area (Å²) in [5, 5.41) is 4.48. The lowest BCUT2D eigenvalue weighted by molar-refractivity contribution is 0.121. The lowest BCUT2D eigenvalue weighted by Crippen LogP contribution is -2.40. The Morgan fingerprint density at radius 1 is 0.757 bits per heavy atom. The third kappa shape index (κ3) is 5.37. The van der Waals surface area contributed by atoms with Gasteiger partial charge in [-0.05, 0) is 17.7 Å². The Balaban J connectivity index is 1.28. The van der Waals surface area contributed by atoms with Crippen LogP contribution < -0.4 is 15.2 Å². The van der Waals surface area contributed by atoms with E-state index in [2.05, 4.69) is 53.1 Å². The second kappa shape index (κ2) is 10.9. The fourth-order valence-corrected chi connectivity index (χ4v) is 4.49. The summed E-state index contributed by atoms with van der Waals surface area (Å²) in [5.74, 6) is 2.37. The standard InChI is InChI=1S/C26H29N9O2/c1-2-6-20(7-3-1)19-35-22-9-5-4-8-21(22)28-23(35)18-27-32-24-29-25(33-10-14-36-15-11-33)31-26(30-24)34-12-16-37-17-13-34/h1-9,18H,10-17,19H2,(H,29,30,31,32)/b27-18+. The first kappa shape index (κ1) is 23.3. The zero-order valence-corrected chi connectivity index (χ0v) is 20.5. The minimum absolute atomic E-state index is 0.389. The minimum atomic E-state index is 0.389. The number of nitrogens with zero attached hydrogens (tertiary/aromatic N) is 8. The quantitative estimate of drug-likeness (QED) is 0.303. The van der Waals surface area contributed by atoms with Crippen LogP contribution in [0.25, 0.3) is 11.0 Å². The van der Waals surface area contributed by atoms with E-state index in [4.69, 9.17) is 19.4 Å². The molecule has 0 spiro atoms. The van der Waals surface area contributed by atoms with Crippen LogP contribution in [-0.4, -0.2) is 83.3 Å². The highest BCUT2D eigenvalue weighted by atomic mass is 16.5. The third-order valence-electron chi connectivity index (χ3n) is 6.41. The number of para-hydroxylation sites is 2. The van der Waals surface area contributed by atoms with Crippen LogP contribution in [0.2, 0.25) is 0 Å². The topological polar surface area (TPSA) is 106 Å². The number of morpholine rings is 2. The van der Waals surface area contributed by atoms with Crippen molar-refractivity contribution in [2.24, 2.45) is 5.10 Å². The molecule has 2 aliphatic heterocycles. The molecule has 0 atom stereocenters. The van der Waals surface area contributed by atoms with Crippen molar-refractivity contribution in [3.05, 3.63) is 66.0 Å². The maximum atomic E-state index is 5.50. The summed E-state index contributed by atoms with van der Waals surface area (Å²) in [5.41, 5.74) is 6.19. The lowest BCUT2D eigenvalue weighted by atomic mass is 10.2. The van der Waals surface area contributed by atoms with Gasteiger partial charge in [-0.1, -0.05) is 42.5 Å². The van der Waals surface area contributed by atoms with Crippen LogP contribution in [0.15, 0.2) is 59.7 Å². The number of benzene rings is 2. The van der Waals surface area contributed by atoms with Crippen LogP contribution >= 0.6 is 0 Å². The molecule has 2 aliphatic rings. The van der Waals surface area contributed by atoms with Gasteiger partial charge in [0.1, 0.15) is 0 Å². The van der Waals surface area contributed by atoms with E-state index in [0.29, 0.717) is 50.8 Å². The zero-order chi connectivity index (χ0) is 24.9. The SMILES string of the molecule is C(=N\Nc1nc(N2CCOCC2)nc(N2CCOCC2)n1)/c1nc2ccccc2n1Cc1ccccc1. The van der Waals surface area contributed by atoms with Crippen LogP contribution in [0, 0.1) is 0 Å². The van der Waals surface area contributed by atoms with Gasteiger partial charge in [-0.2, -0.15) is 20.1 Å². The van der Waals surface area contributed by atoms with Gasteiger partial charge in [0.05, 0.1) is 43.7 Å². The number of hydrazone groups is 1. The lowest BCUT2D eigenvalue weighted by Gasteiger charge is -2.30. The van der Waals surface area contributed by atoms with Gasteiger partial charge in [0.15, 0.2) is 5.82 Å². The summed E-state index contributed by atoms with van der Waals surface area (Å²) < 4.78 is 13.2. The molecule has 190 valence electrons. The molecule has 1 N–H and O–H groups in total. The summed E-state index contributed by atoms with van der Waals surface area (Å²) in [6.45, 7) is 6.23. The number of aromatic nitrogens is 5. The average Bonchev–Trinajstić information content (AvgIpc) is 3.31. The Labute approximate surface area is 214 Å². The number of ether oxygens (including phenoxy) is 2. The highest BCUT2D eigenvalue weighted by molar-refractivity contribution is 5.85. The van der Waals surface area contributed by atoms with E-state index in [1.807, 2.05) is 36.4 Å². The average molecular weight is 500 g/mol. The van der Waals surface area contributed by atoms with Crippen molar-refractivity contribution in [2.45, 2.75) is 6.54 Å².